The van der Waals surface area contributed by atoms with Crippen LogP contribution in [0.4, 0.5) is 0 Å². The van der Waals surface area contributed by atoms with Gasteiger partial charge in [0.15, 0.2) is 6.29 Å². The summed E-state index contributed by atoms with van der Waals surface area (Å²) >= 11 is 3.29. The molecule has 0 saturated heterocycles. The maximum absolute atomic E-state index is 11.1. The van der Waals surface area contributed by atoms with E-state index in [9.17, 15) is 4.79 Å². The van der Waals surface area contributed by atoms with Crippen LogP contribution in [0.15, 0.2) is 140 Å². The second-order valence-corrected chi connectivity index (χ2v) is 11.1. The molecule has 1 nitrogen and oxygen atoms in total. The molecular formula is C35H24OS2. The summed E-state index contributed by atoms with van der Waals surface area (Å²) in [6.45, 7) is 0. The molecule has 0 bridgehead atoms. The molecule has 0 saturated carbocycles. The predicted octanol–water partition coefficient (Wildman–Crippen LogP) is 9.96. The topological polar surface area (TPSA) is 17.1 Å². The Bertz CT molecular complexity index is 1650. The highest BCUT2D eigenvalue weighted by atomic mass is 32.1. The lowest BCUT2D eigenvalue weighted by atomic mass is 9.85. The van der Waals surface area contributed by atoms with Gasteiger partial charge in [-0.05, 0) is 63.2 Å². The summed E-state index contributed by atoms with van der Waals surface area (Å²) in [5.41, 5.74) is 8.35. The summed E-state index contributed by atoms with van der Waals surface area (Å²) in [5.74, 6) is 0. The molecule has 0 atom stereocenters. The fraction of sp³-hybridized carbons (Fsp3) is 0. The van der Waals surface area contributed by atoms with Gasteiger partial charge < -0.3 is 0 Å². The van der Waals surface area contributed by atoms with Crippen LogP contribution in [0.2, 0.25) is 0 Å². The van der Waals surface area contributed by atoms with Gasteiger partial charge in [0.1, 0.15) is 0 Å². The fourth-order valence-electron chi connectivity index (χ4n) is 4.70. The lowest BCUT2D eigenvalue weighted by Crippen LogP contribution is -1.97. The average Bonchev–Trinajstić information content (AvgIpc) is 3.68. The van der Waals surface area contributed by atoms with E-state index in [1.165, 1.54) is 60.1 Å². The van der Waals surface area contributed by atoms with Crippen molar-refractivity contribution in [3.8, 4) is 20.2 Å². The minimum Gasteiger partial charge on any atom is -0.297 e. The number of carbonyl (C=O) groups excluding carboxylic acids is 1. The van der Waals surface area contributed by atoms with Crippen molar-refractivity contribution in [3.63, 3.8) is 0 Å². The van der Waals surface area contributed by atoms with E-state index in [1.807, 2.05) is 12.1 Å². The van der Waals surface area contributed by atoms with Gasteiger partial charge in [0.25, 0.3) is 0 Å². The molecule has 182 valence electrons. The molecule has 0 amide bonds. The molecule has 0 fully saturated rings. The third kappa shape index (κ3) is 4.95. The molecule has 38 heavy (non-hydrogen) atoms. The number of thiophene rings is 2. The van der Waals surface area contributed by atoms with Gasteiger partial charge in [-0.2, -0.15) is 0 Å². The molecule has 3 heteroatoms. The summed E-state index contributed by atoms with van der Waals surface area (Å²) in [6, 6.07) is 49.1. The standard InChI is InChI=1S/C35H24OS2/c36-24-30-20-21-32(37-30)33-23-22-31(38-33)25-16-18-29(19-17-25)35(28-14-8-3-9-15-28)34(26-10-4-1-5-11-26)27-12-6-2-7-13-27/h1-24H. The lowest BCUT2D eigenvalue weighted by molar-refractivity contribution is 0.112. The Morgan fingerprint density at radius 2 is 0.842 bits per heavy atom. The summed E-state index contributed by atoms with van der Waals surface area (Å²) in [4.78, 5) is 15.4. The van der Waals surface area contributed by atoms with Gasteiger partial charge in [-0.15, -0.1) is 22.7 Å². The van der Waals surface area contributed by atoms with E-state index in [2.05, 4.69) is 127 Å². The first-order valence-electron chi connectivity index (χ1n) is 12.5. The smallest absolute Gasteiger partial charge is 0.160 e. The number of carbonyl (C=O) groups is 1. The quantitative estimate of drug-likeness (QED) is 0.150. The van der Waals surface area contributed by atoms with Crippen LogP contribution < -0.4 is 0 Å². The van der Waals surface area contributed by atoms with Gasteiger partial charge in [-0.3, -0.25) is 4.79 Å². The van der Waals surface area contributed by atoms with Crippen LogP contribution in [-0.2, 0) is 0 Å². The van der Waals surface area contributed by atoms with Crippen LogP contribution in [0, 0.1) is 0 Å². The highest BCUT2D eigenvalue weighted by molar-refractivity contribution is 7.24. The summed E-state index contributed by atoms with van der Waals surface area (Å²) in [5, 5.41) is 0. The van der Waals surface area contributed by atoms with Gasteiger partial charge in [0.05, 0.1) is 4.88 Å². The Morgan fingerprint density at radius 1 is 0.421 bits per heavy atom. The summed E-state index contributed by atoms with van der Waals surface area (Å²) in [7, 11) is 0. The molecule has 0 aliphatic rings. The zero-order valence-corrected chi connectivity index (χ0v) is 22.2. The molecule has 6 rings (SSSR count). The molecule has 2 aromatic heterocycles. The second-order valence-electron chi connectivity index (χ2n) is 8.91. The summed E-state index contributed by atoms with van der Waals surface area (Å²) < 4.78 is 0. The maximum Gasteiger partial charge on any atom is 0.160 e. The van der Waals surface area contributed by atoms with Gasteiger partial charge >= 0.3 is 0 Å². The van der Waals surface area contributed by atoms with Crippen molar-refractivity contribution in [2.75, 3.05) is 0 Å². The van der Waals surface area contributed by atoms with Crippen molar-refractivity contribution in [1.82, 2.24) is 0 Å². The Labute approximate surface area is 231 Å². The van der Waals surface area contributed by atoms with Gasteiger partial charge in [0.2, 0.25) is 0 Å². The Morgan fingerprint density at radius 3 is 1.32 bits per heavy atom. The predicted molar refractivity (Wildman–Crippen MR) is 163 cm³/mol. The number of aldehydes is 1. The lowest BCUT2D eigenvalue weighted by Gasteiger charge is -2.18. The maximum atomic E-state index is 11.1. The normalized spacial score (nSPS) is 10.7. The summed E-state index contributed by atoms with van der Waals surface area (Å²) in [6.07, 6.45) is 0.915. The highest BCUT2D eigenvalue weighted by Gasteiger charge is 2.16. The van der Waals surface area contributed by atoms with Crippen molar-refractivity contribution in [2.24, 2.45) is 0 Å². The molecule has 0 spiro atoms. The van der Waals surface area contributed by atoms with Crippen molar-refractivity contribution in [3.05, 3.63) is 167 Å². The Balaban J connectivity index is 1.46. The van der Waals surface area contributed by atoms with E-state index in [0.717, 1.165) is 16.0 Å². The number of rotatable bonds is 7. The third-order valence-electron chi connectivity index (χ3n) is 6.49. The van der Waals surface area contributed by atoms with Crippen LogP contribution >= 0.6 is 22.7 Å². The molecular weight excluding hydrogens is 501 g/mol. The van der Waals surface area contributed by atoms with Crippen molar-refractivity contribution in [2.45, 2.75) is 0 Å². The van der Waals surface area contributed by atoms with Crippen LogP contribution in [0.1, 0.15) is 31.9 Å². The molecule has 0 N–H and O–H groups in total. The second kappa shape index (κ2) is 11.0. The Kier molecular flexibility index (Phi) is 6.95. The fourth-order valence-corrected chi connectivity index (χ4v) is 6.62. The van der Waals surface area contributed by atoms with Crippen LogP contribution in [0.3, 0.4) is 0 Å². The molecule has 6 aromatic rings. The molecule has 0 unspecified atom stereocenters. The molecule has 0 radical (unpaired) electrons. The largest absolute Gasteiger partial charge is 0.297 e. The van der Waals surface area contributed by atoms with E-state index in [4.69, 9.17) is 0 Å². The molecule has 4 aromatic carbocycles. The zero-order valence-electron chi connectivity index (χ0n) is 20.6. The first-order chi connectivity index (χ1) is 18.8. The van der Waals surface area contributed by atoms with E-state index in [-0.39, 0.29) is 0 Å². The Hall–Kier alpha value is -4.31. The highest BCUT2D eigenvalue weighted by Crippen LogP contribution is 2.40. The van der Waals surface area contributed by atoms with Crippen LogP contribution in [0.25, 0.3) is 31.3 Å². The molecule has 0 aliphatic carbocycles. The minimum absolute atomic E-state index is 0.757. The third-order valence-corrected chi connectivity index (χ3v) is 8.83. The average molecular weight is 525 g/mol. The van der Waals surface area contributed by atoms with Crippen LogP contribution in [-0.4, -0.2) is 6.29 Å². The number of hydrogen-bond donors (Lipinski definition) is 0. The minimum atomic E-state index is 0.757. The first-order valence-corrected chi connectivity index (χ1v) is 14.1. The van der Waals surface area contributed by atoms with E-state index in [0.29, 0.717) is 0 Å². The first kappa shape index (κ1) is 24.1. The van der Waals surface area contributed by atoms with Gasteiger partial charge in [-0.1, -0.05) is 115 Å². The van der Waals surface area contributed by atoms with E-state index < -0.39 is 0 Å². The van der Waals surface area contributed by atoms with Crippen molar-refractivity contribution >= 4 is 40.1 Å². The number of hydrogen-bond acceptors (Lipinski definition) is 3. The van der Waals surface area contributed by atoms with E-state index >= 15 is 0 Å². The number of benzene rings is 4. The van der Waals surface area contributed by atoms with Crippen molar-refractivity contribution in [1.29, 1.82) is 0 Å². The molecule has 2 heterocycles. The van der Waals surface area contributed by atoms with Gasteiger partial charge in [0, 0.05) is 14.6 Å². The van der Waals surface area contributed by atoms with Gasteiger partial charge in [-0.25, -0.2) is 0 Å². The zero-order chi connectivity index (χ0) is 25.7. The molecule has 0 aliphatic heterocycles. The van der Waals surface area contributed by atoms with Crippen LogP contribution in [0.5, 0.6) is 0 Å². The van der Waals surface area contributed by atoms with E-state index in [1.54, 1.807) is 11.3 Å². The SMILES string of the molecule is O=Cc1ccc(-c2ccc(-c3ccc(C(=C(c4ccccc4)c4ccccc4)c4ccccc4)cc3)s2)s1. The monoisotopic (exact) mass is 524 g/mol. The van der Waals surface area contributed by atoms with Crippen molar-refractivity contribution < 1.29 is 4.79 Å².